The van der Waals surface area contributed by atoms with Crippen LogP contribution < -0.4 is 10.6 Å². The van der Waals surface area contributed by atoms with Gasteiger partial charge in [-0.15, -0.1) is 11.3 Å². The highest BCUT2D eigenvalue weighted by molar-refractivity contribution is 7.09. The lowest BCUT2D eigenvalue weighted by Crippen LogP contribution is -2.39. The molecule has 0 bridgehead atoms. The summed E-state index contributed by atoms with van der Waals surface area (Å²) in [7, 11) is 0. The highest BCUT2D eigenvalue weighted by Gasteiger charge is 2.04. The predicted octanol–water partition coefficient (Wildman–Crippen LogP) is 1.79. The Morgan fingerprint density at radius 2 is 2.38 bits per heavy atom. The van der Waals surface area contributed by atoms with Crippen molar-refractivity contribution >= 4 is 17.2 Å². The standard InChI is InChI=1S/C12H20N2OS/c1-3-10(2)14-12(15)9-13-7-6-11-5-4-8-16-11/h4-5,8,10,13H,3,6-7,9H2,1-2H3,(H,14,15). The van der Waals surface area contributed by atoms with Crippen molar-refractivity contribution in [1.29, 1.82) is 0 Å². The molecule has 1 aromatic rings. The first-order chi connectivity index (χ1) is 7.72. The van der Waals surface area contributed by atoms with E-state index in [0.717, 1.165) is 19.4 Å². The van der Waals surface area contributed by atoms with Crippen molar-refractivity contribution in [2.75, 3.05) is 13.1 Å². The van der Waals surface area contributed by atoms with Gasteiger partial charge in [-0.2, -0.15) is 0 Å². The molecule has 90 valence electrons. The van der Waals surface area contributed by atoms with Gasteiger partial charge in [0.2, 0.25) is 5.91 Å². The highest BCUT2D eigenvalue weighted by atomic mass is 32.1. The summed E-state index contributed by atoms with van der Waals surface area (Å²) < 4.78 is 0. The predicted molar refractivity (Wildman–Crippen MR) is 68.8 cm³/mol. The highest BCUT2D eigenvalue weighted by Crippen LogP contribution is 2.07. The summed E-state index contributed by atoms with van der Waals surface area (Å²) in [6, 6.07) is 4.44. The second kappa shape index (κ2) is 7.41. The molecule has 0 aliphatic rings. The monoisotopic (exact) mass is 240 g/mol. The van der Waals surface area contributed by atoms with Gasteiger partial charge in [0.25, 0.3) is 0 Å². The van der Waals surface area contributed by atoms with E-state index in [9.17, 15) is 4.79 Å². The summed E-state index contributed by atoms with van der Waals surface area (Å²) in [6.45, 7) is 5.35. The summed E-state index contributed by atoms with van der Waals surface area (Å²) in [4.78, 5) is 12.8. The van der Waals surface area contributed by atoms with Gasteiger partial charge in [0.15, 0.2) is 0 Å². The van der Waals surface area contributed by atoms with E-state index in [0.29, 0.717) is 6.54 Å². The fourth-order valence-electron chi connectivity index (χ4n) is 1.30. The van der Waals surface area contributed by atoms with Gasteiger partial charge in [0.05, 0.1) is 6.54 Å². The van der Waals surface area contributed by atoms with Crippen LogP contribution in [-0.2, 0) is 11.2 Å². The smallest absolute Gasteiger partial charge is 0.234 e. The van der Waals surface area contributed by atoms with Gasteiger partial charge in [0, 0.05) is 17.5 Å². The van der Waals surface area contributed by atoms with Gasteiger partial charge >= 0.3 is 0 Å². The number of hydrogen-bond donors (Lipinski definition) is 2. The maximum atomic E-state index is 11.4. The first kappa shape index (κ1) is 13.2. The molecule has 1 heterocycles. The van der Waals surface area contributed by atoms with Gasteiger partial charge in [-0.05, 0) is 31.2 Å². The number of thiophene rings is 1. The molecule has 2 N–H and O–H groups in total. The SMILES string of the molecule is CCC(C)NC(=O)CNCCc1cccs1. The van der Waals surface area contributed by atoms with Crippen molar-refractivity contribution in [3.05, 3.63) is 22.4 Å². The summed E-state index contributed by atoms with van der Waals surface area (Å²) in [5.41, 5.74) is 0. The minimum absolute atomic E-state index is 0.0838. The zero-order valence-corrected chi connectivity index (χ0v) is 10.8. The lowest BCUT2D eigenvalue weighted by molar-refractivity contribution is -0.120. The van der Waals surface area contributed by atoms with Crippen LogP contribution in [0.1, 0.15) is 25.1 Å². The summed E-state index contributed by atoms with van der Waals surface area (Å²) in [6.07, 6.45) is 1.97. The van der Waals surface area contributed by atoms with E-state index < -0.39 is 0 Å². The lowest BCUT2D eigenvalue weighted by Gasteiger charge is -2.11. The van der Waals surface area contributed by atoms with Crippen LogP contribution in [0, 0.1) is 0 Å². The Kier molecular flexibility index (Phi) is 6.11. The van der Waals surface area contributed by atoms with Crippen LogP contribution in [0.5, 0.6) is 0 Å². The zero-order chi connectivity index (χ0) is 11.8. The summed E-state index contributed by atoms with van der Waals surface area (Å²) in [5, 5.41) is 8.15. The van der Waals surface area contributed by atoms with E-state index in [1.54, 1.807) is 11.3 Å². The number of nitrogens with one attached hydrogen (secondary N) is 2. The normalized spacial score (nSPS) is 12.4. The summed E-state index contributed by atoms with van der Waals surface area (Å²) >= 11 is 1.76. The molecule has 16 heavy (non-hydrogen) atoms. The molecule has 0 saturated heterocycles. The molecule has 1 aromatic heterocycles. The molecule has 4 heteroatoms. The lowest BCUT2D eigenvalue weighted by atomic mass is 10.2. The van der Waals surface area contributed by atoms with Crippen molar-refractivity contribution < 1.29 is 4.79 Å². The first-order valence-corrected chi connectivity index (χ1v) is 6.62. The zero-order valence-electron chi connectivity index (χ0n) is 9.95. The van der Waals surface area contributed by atoms with Crippen molar-refractivity contribution in [3.8, 4) is 0 Å². The molecular weight excluding hydrogens is 220 g/mol. The van der Waals surface area contributed by atoms with Crippen molar-refractivity contribution in [2.24, 2.45) is 0 Å². The molecule has 0 fully saturated rings. The maximum absolute atomic E-state index is 11.4. The molecule has 0 aliphatic carbocycles. The second-order valence-corrected chi connectivity index (χ2v) is 4.92. The molecule has 0 aliphatic heterocycles. The minimum atomic E-state index is 0.0838. The van der Waals surface area contributed by atoms with Crippen LogP contribution in [0.15, 0.2) is 17.5 Å². The Labute approximate surface area is 101 Å². The molecular formula is C12H20N2OS. The Hall–Kier alpha value is -0.870. The number of amides is 1. The van der Waals surface area contributed by atoms with Crippen LogP contribution in [0.2, 0.25) is 0 Å². The third kappa shape index (κ3) is 5.28. The van der Waals surface area contributed by atoms with Crippen LogP contribution >= 0.6 is 11.3 Å². The number of rotatable bonds is 7. The van der Waals surface area contributed by atoms with E-state index in [4.69, 9.17) is 0 Å². The Bertz CT molecular complexity index is 298. The quantitative estimate of drug-likeness (QED) is 0.714. The van der Waals surface area contributed by atoms with E-state index in [1.165, 1.54) is 4.88 Å². The molecule has 0 spiro atoms. The summed E-state index contributed by atoms with van der Waals surface area (Å²) in [5.74, 6) is 0.0838. The minimum Gasteiger partial charge on any atom is -0.353 e. The van der Waals surface area contributed by atoms with E-state index in [2.05, 4.69) is 35.1 Å². The third-order valence-electron chi connectivity index (χ3n) is 2.43. The largest absolute Gasteiger partial charge is 0.353 e. The average molecular weight is 240 g/mol. The van der Waals surface area contributed by atoms with Crippen molar-refractivity contribution in [3.63, 3.8) is 0 Å². The van der Waals surface area contributed by atoms with Crippen LogP contribution in [0.3, 0.4) is 0 Å². The molecule has 1 amide bonds. The van der Waals surface area contributed by atoms with Crippen molar-refractivity contribution in [2.45, 2.75) is 32.7 Å². The van der Waals surface area contributed by atoms with E-state index in [-0.39, 0.29) is 11.9 Å². The van der Waals surface area contributed by atoms with Gasteiger partial charge in [0.1, 0.15) is 0 Å². The number of carbonyl (C=O) groups excluding carboxylic acids is 1. The Morgan fingerprint density at radius 1 is 1.56 bits per heavy atom. The van der Waals surface area contributed by atoms with Crippen LogP contribution in [0.4, 0.5) is 0 Å². The van der Waals surface area contributed by atoms with E-state index >= 15 is 0 Å². The Morgan fingerprint density at radius 3 is 3.00 bits per heavy atom. The first-order valence-electron chi connectivity index (χ1n) is 5.74. The van der Waals surface area contributed by atoms with Gasteiger partial charge in [-0.3, -0.25) is 4.79 Å². The molecule has 3 nitrogen and oxygen atoms in total. The fourth-order valence-corrected chi connectivity index (χ4v) is 2.01. The molecule has 1 rings (SSSR count). The van der Waals surface area contributed by atoms with Crippen molar-refractivity contribution in [1.82, 2.24) is 10.6 Å². The van der Waals surface area contributed by atoms with Gasteiger partial charge in [-0.25, -0.2) is 0 Å². The number of hydrogen-bond acceptors (Lipinski definition) is 3. The molecule has 0 saturated carbocycles. The number of carbonyl (C=O) groups is 1. The fraction of sp³-hybridized carbons (Fsp3) is 0.583. The Balaban J connectivity index is 2.04. The molecule has 1 unspecified atom stereocenters. The van der Waals surface area contributed by atoms with Gasteiger partial charge in [-0.1, -0.05) is 13.0 Å². The topological polar surface area (TPSA) is 41.1 Å². The van der Waals surface area contributed by atoms with E-state index in [1.807, 2.05) is 6.92 Å². The van der Waals surface area contributed by atoms with Crippen LogP contribution in [-0.4, -0.2) is 25.0 Å². The molecule has 0 radical (unpaired) electrons. The maximum Gasteiger partial charge on any atom is 0.234 e. The molecule has 0 aromatic carbocycles. The molecule has 1 atom stereocenters. The second-order valence-electron chi connectivity index (χ2n) is 3.88. The van der Waals surface area contributed by atoms with Gasteiger partial charge < -0.3 is 10.6 Å². The third-order valence-corrected chi connectivity index (χ3v) is 3.37. The average Bonchev–Trinajstić information content (AvgIpc) is 2.77. The van der Waals surface area contributed by atoms with Crippen LogP contribution in [0.25, 0.3) is 0 Å².